The first-order valence-electron chi connectivity index (χ1n) is 6.21. The molecule has 18 heavy (non-hydrogen) atoms. The molecular formula is C12H18ClNO2S2. The lowest BCUT2D eigenvalue weighted by molar-refractivity contribution is 0.398. The van der Waals surface area contributed by atoms with Crippen molar-refractivity contribution >= 4 is 32.8 Å². The molecule has 2 heterocycles. The van der Waals surface area contributed by atoms with Gasteiger partial charge in [0.1, 0.15) is 0 Å². The quantitative estimate of drug-likeness (QED) is 0.910. The van der Waals surface area contributed by atoms with Gasteiger partial charge in [-0.25, -0.2) is 8.42 Å². The third-order valence-electron chi connectivity index (χ3n) is 3.25. The second kappa shape index (κ2) is 5.90. The smallest absolute Gasteiger partial charge is 0.150 e. The molecule has 1 aromatic heterocycles. The van der Waals surface area contributed by atoms with Crippen LogP contribution in [0.5, 0.6) is 0 Å². The minimum absolute atomic E-state index is 0.125. The summed E-state index contributed by atoms with van der Waals surface area (Å²) in [7, 11) is -2.84. The predicted octanol–water partition coefficient (Wildman–Crippen LogP) is 2.88. The molecule has 0 aliphatic carbocycles. The highest BCUT2D eigenvalue weighted by Crippen LogP contribution is 2.36. The van der Waals surface area contributed by atoms with Crippen LogP contribution in [0.2, 0.25) is 4.34 Å². The topological polar surface area (TPSA) is 46.2 Å². The van der Waals surface area contributed by atoms with Crippen LogP contribution in [0.15, 0.2) is 12.1 Å². The third kappa shape index (κ3) is 3.47. The summed E-state index contributed by atoms with van der Waals surface area (Å²) >= 11 is 7.52. The number of hydrogen-bond donors (Lipinski definition) is 1. The summed E-state index contributed by atoms with van der Waals surface area (Å²) in [6, 6.07) is 4.01. The molecule has 0 bridgehead atoms. The Kier molecular flexibility index (Phi) is 4.69. The maximum Gasteiger partial charge on any atom is 0.150 e. The minimum Gasteiger partial charge on any atom is -0.309 e. The number of sulfone groups is 1. The Morgan fingerprint density at radius 3 is 2.83 bits per heavy atom. The van der Waals surface area contributed by atoms with Crippen LogP contribution in [0.1, 0.15) is 30.7 Å². The standard InChI is InChI=1S/C12H18ClNO2S2/c1-2-6-14-12(10-3-4-11(13)17-10)9-5-7-18(15,16)8-9/h3-4,9,12,14H,2,5-8H2,1H3. The van der Waals surface area contributed by atoms with Crippen LogP contribution in [-0.2, 0) is 9.84 Å². The van der Waals surface area contributed by atoms with Gasteiger partial charge in [-0.1, -0.05) is 18.5 Å². The molecule has 2 atom stereocenters. The fraction of sp³-hybridized carbons (Fsp3) is 0.667. The molecule has 0 aromatic carbocycles. The van der Waals surface area contributed by atoms with Crippen LogP contribution in [0.3, 0.4) is 0 Å². The van der Waals surface area contributed by atoms with Gasteiger partial charge in [0.15, 0.2) is 9.84 Å². The molecule has 0 spiro atoms. The molecular weight excluding hydrogens is 290 g/mol. The van der Waals surface area contributed by atoms with Gasteiger partial charge in [-0.3, -0.25) is 0 Å². The van der Waals surface area contributed by atoms with E-state index in [1.807, 2.05) is 12.1 Å². The second-order valence-corrected chi connectivity index (χ2v) is 8.71. The molecule has 1 fully saturated rings. The second-order valence-electron chi connectivity index (χ2n) is 4.74. The summed E-state index contributed by atoms with van der Waals surface area (Å²) in [5.74, 6) is 0.793. The summed E-state index contributed by atoms with van der Waals surface area (Å²) in [5, 5.41) is 3.47. The zero-order valence-electron chi connectivity index (χ0n) is 10.4. The Hall–Kier alpha value is -0.100. The van der Waals surface area contributed by atoms with Gasteiger partial charge in [-0.2, -0.15) is 0 Å². The lowest BCUT2D eigenvalue weighted by Crippen LogP contribution is -2.29. The molecule has 1 aliphatic rings. The molecule has 0 saturated carbocycles. The van der Waals surface area contributed by atoms with Gasteiger partial charge in [0.2, 0.25) is 0 Å². The van der Waals surface area contributed by atoms with E-state index in [9.17, 15) is 8.42 Å². The van der Waals surface area contributed by atoms with Crippen LogP contribution in [0.4, 0.5) is 0 Å². The van der Waals surface area contributed by atoms with Crippen molar-refractivity contribution in [2.45, 2.75) is 25.8 Å². The van der Waals surface area contributed by atoms with E-state index in [4.69, 9.17) is 11.6 Å². The Bertz CT molecular complexity index is 498. The highest BCUT2D eigenvalue weighted by Gasteiger charge is 2.34. The molecule has 6 heteroatoms. The fourth-order valence-corrected chi connectivity index (χ4v) is 5.45. The van der Waals surface area contributed by atoms with Crippen molar-refractivity contribution in [2.75, 3.05) is 18.1 Å². The number of halogens is 1. The summed E-state index contributed by atoms with van der Waals surface area (Å²) in [6.07, 6.45) is 1.79. The zero-order valence-corrected chi connectivity index (χ0v) is 12.7. The molecule has 1 aromatic rings. The molecule has 1 aliphatic heterocycles. The number of nitrogens with one attached hydrogen (secondary N) is 1. The van der Waals surface area contributed by atoms with E-state index in [-0.39, 0.29) is 12.0 Å². The summed E-state index contributed by atoms with van der Waals surface area (Å²) in [5.41, 5.74) is 0. The van der Waals surface area contributed by atoms with Gasteiger partial charge in [0, 0.05) is 10.9 Å². The fourth-order valence-electron chi connectivity index (χ4n) is 2.38. The number of hydrogen-bond acceptors (Lipinski definition) is 4. The largest absolute Gasteiger partial charge is 0.309 e. The summed E-state index contributed by atoms with van der Waals surface area (Å²) in [6.45, 7) is 3.01. The Labute approximate surface area is 117 Å². The van der Waals surface area contributed by atoms with Crippen molar-refractivity contribution in [1.29, 1.82) is 0 Å². The molecule has 3 nitrogen and oxygen atoms in total. The molecule has 1 saturated heterocycles. The Morgan fingerprint density at radius 1 is 1.56 bits per heavy atom. The van der Waals surface area contributed by atoms with Crippen molar-refractivity contribution in [3.63, 3.8) is 0 Å². The monoisotopic (exact) mass is 307 g/mol. The SMILES string of the molecule is CCCNC(c1ccc(Cl)s1)C1CCS(=O)(=O)C1. The lowest BCUT2D eigenvalue weighted by Gasteiger charge is -2.22. The highest BCUT2D eigenvalue weighted by atomic mass is 35.5. The van der Waals surface area contributed by atoms with Crippen molar-refractivity contribution in [3.8, 4) is 0 Å². The first-order chi connectivity index (χ1) is 8.52. The molecule has 2 rings (SSSR count). The highest BCUT2D eigenvalue weighted by molar-refractivity contribution is 7.91. The van der Waals surface area contributed by atoms with Gasteiger partial charge in [0.25, 0.3) is 0 Å². The van der Waals surface area contributed by atoms with Crippen molar-refractivity contribution < 1.29 is 8.42 Å². The van der Waals surface area contributed by atoms with Crippen molar-refractivity contribution in [3.05, 3.63) is 21.3 Å². The molecule has 0 amide bonds. The Morgan fingerprint density at radius 2 is 2.33 bits per heavy atom. The van der Waals surface area contributed by atoms with Crippen LogP contribution < -0.4 is 5.32 Å². The maximum absolute atomic E-state index is 11.6. The van der Waals surface area contributed by atoms with Gasteiger partial charge in [0.05, 0.1) is 15.8 Å². The van der Waals surface area contributed by atoms with E-state index < -0.39 is 9.84 Å². The number of thiophene rings is 1. The zero-order chi connectivity index (χ0) is 13.2. The molecule has 102 valence electrons. The maximum atomic E-state index is 11.6. The van der Waals surface area contributed by atoms with Gasteiger partial charge in [-0.05, 0) is 37.4 Å². The Balaban J connectivity index is 2.15. The van der Waals surface area contributed by atoms with Crippen molar-refractivity contribution in [2.24, 2.45) is 5.92 Å². The first-order valence-corrected chi connectivity index (χ1v) is 9.22. The van der Waals surface area contributed by atoms with Crippen LogP contribution in [-0.4, -0.2) is 26.5 Å². The average Bonchev–Trinajstić information content (AvgIpc) is 2.86. The van der Waals surface area contributed by atoms with Crippen LogP contribution in [0.25, 0.3) is 0 Å². The van der Waals surface area contributed by atoms with E-state index in [0.29, 0.717) is 11.5 Å². The minimum atomic E-state index is -2.84. The van der Waals surface area contributed by atoms with E-state index >= 15 is 0 Å². The van der Waals surface area contributed by atoms with Crippen molar-refractivity contribution in [1.82, 2.24) is 5.32 Å². The van der Waals surface area contributed by atoms with E-state index in [0.717, 1.165) is 28.6 Å². The summed E-state index contributed by atoms with van der Waals surface area (Å²) < 4.78 is 24.0. The number of rotatable bonds is 5. The molecule has 2 unspecified atom stereocenters. The average molecular weight is 308 g/mol. The third-order valence-corrected chi connectivity index (χ3v) is 6.36. The van der Waals surface area contributed by atoms with E-state index in [1.54, 1.807) is 11.3 Å². The van der Waals surface area contributed by atoms with Crippen LogP contribution in [0, 0.1) is 5.92 Å². The van der Waals surface area contributed by atoms with E-state index in [2.05, 4.69) is 12.2 Å². The molecule has 0 radical (unpaired) electrons. The van der Waals surface area contributed by atoms with E-state index in [1.165, 1.54) is 0 Å². The van der Waals surface area contributed by atoms with Gasteiger partial charge < -0.3 is 5.32 Å². The van der Waals surface area contributed by atoms with Gasteiger partial charge in [-0.15, -0.1) is 11.3 Å². The van der Waals surface area contributed by atoms with Crippen LogP contribution >= 0.6 is 22.9 Å². The van der Waals surface area contributed by atoms with Gasteiger partial charge >= 0.3 is 0 Å². The molecule has 1 N–H and O–H groups in total. The normalized spacial score (nSPS) is 24.2. The first kappa shape index (κ1) is 14.3. The summed E-state index contributed by atoms with van der Waals surface area (Å²) in [4.78, 5) is 1.15. The predicted molar refractivity (Wildman–Crippen MR) is 77.1 cm³/mol. The lowest BCUT2D eigenvalue weighted by atomic mass is 9.97.